The molecular weight excluding hydrogens is 264 g/mol. The number of ether oxygens (including phenoxy) is 1. The fourth-order valence-corrected chi connectivity index (χ4v) is 2.05. The Morgan fingerprint density at radius 3 is 2.67 bits per heavy atom. The van der Waals surface area contributed by atoms with Gasteiger partial charge in [0.25, 0.3) is 5.91 Å². The van der Waals surface area contributed by atoms with Gasteiger partial charge in [-0.3, -0.25) is 4.79 Å². The number of rotatable bonds is 5. The molecule has 2 aromatic carbocycles. The van der Waals surface area contributed by atoms with Crippen molar-refractivity contribution in [2.75, 3.05) is 18.5 Å². The first-order valence-electron chi connectivity index (χ1n) is 6.93. The summed E-state index contributed by atoms with van der Waals surface area (Å²) in [5.74, 6) is 0.488. The van der Waals surface area contributed by atoms with Gasteiger partial charge in [0.1, 0.15) is 12.4 Å². The summed E-state index contributed by atoms with van der Waals surface area (Å²) in [6, 6.07) is 13.0. The lowest BCUT2D eigenvalue weighted by Gasteiger charge is -2.13. The summed E-state index contributed by atoms with van der Waals surface area (Å²) < 4.78 is 5.54. The Morgan fingerprint density at radius 1 is 1.14 bits per heavy atom. The lowest BCUT2D eigenvalue weighted by atomic mass is 10.0. The molecule has 0 atom stereocenters. The number of para-hydroxylation sites is 2. The van der Waals surface area contributed by atoms with Gasteiger partial charge in [-0.25, -0.2) is 0 Å². The van der Waals surface area contributed by atoms with E-state index in [0.717, 1.165) is 11.1 Å². The first kappa shape index (κ1) is 15.1. The van der Waals surface area contributed by atoms with Crippen molar-refractivity contribution in [2.24, 2.45) is 5.73 Å². The second-order valence-corrected chi connectivity index (χ2v) is 4.83. The fraction of sp³-hybridized carbons (Fsp3) is 0.235. The Labute approximate surface area is 124 Å². The van der Waals surface area contributed by atoms with Crippen molar-refractivity contribution in [1.29, 1.82) is 0 Å². The summed E-state index contributed by atoms with van der Waals surface area (Å²) in [5, 5.41) is 2.90. The van der Waals surface area contributed by atoms with Gasteiger partial charge in [-0.05, 0) is 43.2 Å². The van der Waals surface area contributed by atoms with Crippen LogP contribution in [0.15, 0.2) is 42.5 Å². The Bertz CT molecular complexity index is 638. The van der Waals surface area contributed by atoms with E-state index in [1.807, 2.05) is 56.3 Å². The van der Waals surface area contributed by atoms with Crippen molar-refractivity contribution < 1.29 is 9.53 Å². The first-order chi connectivity index (χ1) is 10.1. The topological polar surface area (TPSA) is 64.3 Å². The Morgan fingerprint density at radius 2 is 1.90 bits per heavy atom. The molecule has 4 heteroatoms. The van der Waals surface area contributed by atoms with E-state index in [1.54, 1.807) is 0 Å². The average Bonchev–Trinajstić information content (AvgIpc) is 2.49. The molecule has 21 heavy (non-hydrogen) atoms. The van der Waals surface area contributed by atoms with Crippen LogP contribution in [0.4, 0.5) is 5.69 Å². The van der Waals surface area contributed by atoms with Crippen LogP contribution in [-0.2, 0) is 0 Å². The Balaban J connectivity index is 2.22. The van der Waals surface area contributed by atoms with Crippen molar-refractivity contribution in [1.82, 2.24) is 0 Å². The average molecular weight is 284 g/mol. The minimum absolute atomic E-state index is 0.139. The molecule has 1 amide bonds. The quantitative estimate of drug-likeness (QED) is 0.887. The number of carbonyl (C=O) groups excluding carboxylic acids is 1. The van der Waals surface area contributed by atoms with Crippen LogP contribution in [0, 0.1) is 13.8 Å². The SMILES string of the molecule is Cc1cccc(C(=O)Nc2ccccc2OCCN)c1C. The maximum atomic E-state index is 12.4. The number of benzene rings is 2. The summed E-state index contributed by atoms with van der Waals surface area (Å²) in [6.45, 7) is 4.78. The van der Waals surface area contributed by atoms with E-state index in [2.05, 4.69) is 5.32 Å². The van der Waals surface area contributed by atoms with Crippen LogP contribution >= 0.6 is 0 Å². The first-order valence-corrected chi connectivity index (χ1v) is 6.93. The van der Waals surface area contributed by atoms with Crippen LogP contribution in [0.25, 0.3) is 0 Å². The largest absolute Gasteiger partial charge is 0.490 e. The highest BCUT2D eigenvalue weighted by Crippen LogP contribution is 2.25. The molecule has 0 saturated carbocycles. The molecule has 110 valence electrons. The molecule has 2 rings (SSSR count). The Kier molecular flexibility index (Phi) is 4.95. The number of hydrogen-bond donors (Lipinski definition) is 2. The summed E-state index contributed by atoms with van der Waals surface area (Å²) in [6.07, 6.45) is 0. The van der Waals surface area contributed by atoms with Gasteiger partial charge in [-0.15, -0.1) is 0 Å². The van der Waals surface area contributed by atoms with Gasteiger partial charge in [0.05, 0.1) is 5.69 Å². The molecule has 0 spiro atoms. The van der Waals surface area contributed by atoms with E-state index >= 15 is 0 Å². The molecule has 2 aromatic rings. The molecule has 0 saturated heterocycles. The third kappa shape index (κ3) is 3.61. The monoisotopic (exact) mass is 284 g/mol. The lowest BCUT2D eigenvalue weighted by Crippen LogP contribution is -2.16. The van der Waals surface area contributed by atoms with E-state index in [-0.39, 0.29) is 5.91 Å². The highest BCUT2D eigenvalue weighted by Gasteiger charge is 2.12. The Hall–Kier alpha value is -2.33. The number of nitrogens with two attached hydrogens (primary N) is 1. The van der Waals surface area contributed by atoms with Gasteiger partial charge in [0.2, 0.25) is 0 Å². The van der Waals surface area contributed by atoms with Gasteiger partial charge in [-0.2, -0.15) is 0 Å². The molecule has 0 fully saturated rings. The standard InChI is InChI=1S/C17H20N2O2/c1-12-6-5-7-14(13(12)2)17(20)19-15-8-3-4-9-16(15)21-11-10-18/h3-9H,10-11,18H2,1-2H3,(H,19,20). The minimum Gasteiger partial charge on any atom is -0.490 e. The highest BCUT2D eigenvalue weighted by molar-refractivity contribution is 6.06. The van der Waals surface area contributed by atoms with E-state index in [0.29, 0.717) is 30.2 Å². The maximum Gasteiger partial charge on any atom is 0.256 e. The summed E-state index contributed by atoms with van der Waals surface area (Å²) in [7, 11) is 0. The molecule has 4 nitrogen and oxygen atoms in total. The van der Waals surface area contributed by atoms with Crippen molar-refractivity contribution in [3.05, 3.63) is 59.2 Å². The molecule has 0 aliphatic carbocycles. The number of amides is 1. The fourth-order valence-electron chi connectivity index (χ4n) is 2.05. The third-order valence-electron chi connectivity index (χ3n) is 3.36. The summed E-state index contributed by atoms with van der Waals surface area (Å²) >= 11 is 0. The van der Waals surface area contributed by atoms with E-state index < -0.39 is 0 Å². The van der Waals surface area contributed by atoms with Crippen LogP contribution in [0.5, 0.6) is 5.75 Å². The van der Waals surface area contributed by atoms with Gasteiger partial charge in [-0.1, -0.05) is 24.3 Å². The number of carbonyl (C=O) groups is 1. The lowest BCUT2D eigenvalue weighted by molar-refractivity contribution is 0.102. The van der Waals surface area contributed by atoms with Crippen molar-refractivity contribution >= 4 is 11.6 Å². The van der Waals surface area contributed by atoms with Crippen LogP contribution in [0.1, 0.15) is 21.5 Å². The predicted octanol–water partition coefficient (Wildman–Crippen LogP) is 2.89. The molecule has 0 radical (unpaired) electrons. The predicted molar refractivity (Wildman–Crippen MR) is 84.9 cm³/mol. The minimum atomic E-state index is -0.139. The van der Waals surface area contributed by atoms with Crippen LogP contribution in [-0.4, -0.2) is 19.1 Å². The second kappa shape index (κ2) is 6.90. The summed E-state index contributed by atoms with van der Waals surface area (Å²) in [4.78, 5) is 12.4. The zero-order valence-corrected chi connectivity index (χ0v) is 12.3. The summed E-state index contributed by atoms with van der Waals surface area (Å²) in [5.41, 5.74) is 8.84. The van der Waals surface area contributed by atoms with Gasteiger partial charge in [0.15, 0.2) is 0 Å². The van der Waals surface area contributed by atoms with Crippen LogP contribution in [0.2, 0.25) is 0 Å². The second-order valence-electron chi connectivity index (χ2n) is 4.83. The van der Waals surface area contributed by atoms with Gasteiger partial charge < -0.3 is 15.8 Å². The number of aryl methyl sites for hydroxylation is 1. The maximum absolute atomic E-state index is 12.4. The van der Waals surface area contributed by atoms with Gasteiger partial charge >= 0.3 is 0 Å². The van der Waals surface area contributed by atoms with E-state index in [4.69, 9.17) is 10.5 Å². The van der Waals surface area contributed by atoms with E-state index in [1.165, 1.54) is 0 Å². The highest BCUT2D eigenvalue weighted by atomic mass is 16.5. The van der Waals surface area contributed by atoms with Crippen LogP contribution < -0.4 is 15.8 Å². The molecule has 0 bridgehead atoms. The number of anilines is 1. The zero-order chi connectivity index (χ0) is 15.2. The molecule has 0 aromatic heterocycles. The number of hydrogen-bond acceptors (Lipinski definition) is 3. The smallest absolute Gasteiger partial charge is 0.256 e. The van der Waals surface area contributed by atoms with Crippen molar-refractivity contribution in [3.63, 3.8) is 0 Å². The molecular formula is C17H20N2O2. The number of nitrogens with one attached hydrogen (secondary N) is 1. The third-order valence-corrected chi connectivity index (χ3v) is 3.36. The van der Waals surface area contributed by atoms with Crippen molar-refractivity contribution in [2.45, 2.75) is 13.8 Å². The molecule has 0 heterocycles. The molecule has 0 aliphatic rings. The van der Waals surface area contributed by atoms with Crippen LogP contribution in [0.3, 0.4) is 0 Å². The molecule has 3 N–H and O–H groups in total. The molecule has 0 unspecified atom stereocenters. The normalized spacial score (nSPS) is 10.2. The van der Waals surface area contributed by atoms with E-state index in [9.17, 15) is 4.79 Å². The van der Waals surface area contributed by atoms with Crippen molar-refractivity contribution in [3.8, 4) is 5.75 Å². The molecule has 0 aliphatic heterocycles. The zero-order valence-electron chi connectivity index (χ0n) is 12.3. The van der Waals surface area contributed by atoms with Gasteiger partial charge in [0, 0.05) is 12.1 Å².